The fraction of sp³-hybridized carbons (Fsp3) is 0.0435. The molecule has 9 heteroatoms. The van der Waals surface area contributed by atoms with Crippen molar-refractivity contribution in [3.8, 4) is 5.75 Å². The molecule has 160 valence electrons. The van der Waals surface area contributed by atoms with Crippen LogP contribution in [-0.2, 0) is 15.1 Å². The van der Waals surface area contributed by atoms with Gasteiger partial charge < -0.3 is 10.4 Å². The number of phenolic OH excluding ortho intramolecular Hbond substituents is 1. The molecule has 3 aromatic carbocycles. The van der Waals surface area contributed by atoms with Crippen LogP contribution in [0.15, 0.2) is 76.5 Å². The molecule has 5 nitrogen and oxygen atoms in total. The number of carbonyl (C=O) groups is 2. The molecule has 0 aliphatic carbocycles. The number of hydrogen-bond acceptors (Lipinski definition) is 4. The van der Waals surface area contributed by atoms with Crippen molar-refractivity contribution in [3.63, 3.8) is 0 Å². The first kappa shape index (κ1) is 21.2. The number of thioether (sulfide) groups is 1. The Labute approximate surface area is 202 Å². The van der Waals surface area contributed by atoms with E-state index in [0.717, 1.165) is 4.90 Å². The van der Waals surface area contributed by atoms with Crippen molar-refractivity contribution in [2.45, 2.75) is 10.4 Å². The zero-order chi connectivity index (χ0) is 22.6. The third kappa shape index (κ3) is 3.18. The number of nitrogens with one attached hydrogen (secondary N) is 1. The molecule has 3 aromatic rings. The third-order valence-corrected chi connectivity index (χ3v) is 7.14. The Balaban J connectivity index is 1.76. The van der Waals surface area contributed by atoms with Crippen molar-refractivity contribution < 1.29 is 14.7 Å². The van der Waals surface area contributed by atoms with Gasteiger partial charge in [-0.25, -0.2) is 0 Å². The number of anilines is 2. The lowest BCUT2D eigenvalue weighted by atomic mass is 9.89. The first-order chi connectivity index (χ1) is 15.3. The number of halogens is 3. The molecule has 0 aromatic heterocycles. The van der Waals surface area contributed by atoms with E-state index in [1.165, 1.54) is 28.8 Å². The molecule has 0 bridgehead atoms. The molecular weight excluding hydrogens is 491 g/mol. The molecule has 0 saturated heterocycles. The van der Waals surface area contributed by atoms with Crippen LogP contribution in [0.1, 0.15) is 5.56 Å². The van der Waals surface area contributed by atoms with Crippen LogP contribution >= 0.6 is 46.6 Å². The molecule has 1 spiro atoms. The number of fused-ring (bicyclic) bond motifs is 2. The molecule has 32 heavy (non-hydrogen) atoms. The number of rotatable bonds is 3. The van der Waals surface area contributed by atoms with Gasteiger partial charge in [0.1, 0.15) is 5.75 Å². The van der Waals surface area contributed by atoms with Gasteiger partial charge in [-0.3, -0.25) is 14.5 Å². The summed E-state index contributed by atoms with van der Waals surface area (Å²) in [7, 11) is 0. The number of phenols is 1. The summed E-state index contributed by atoms with van der Waals surface area (Å²) in [5, 5.41) is 14.9. The lowest BCUT2D eigenvalue weighted by molar-refractivity contribution is -0.122. The van der Waals surface area contributed by atoms with E-state index in [1.54, 1.807) is 54.6 Å². The van der Waals surface area contributed by atoms with Gasteiger partial charge in [0.2, 0.25) is 0 Å². The van der Waals surface area contributed by atoms with E-state index >= 15 is 0 Å². The van der Waals surface area contributed by atoms with Gasteiger partial charge in [-0.1, -0.05) is 52.6 Å². The molecule has 5 rings (SSSR count). The molecule has 1 unspecified atom stereocenters. The number of amides is 2. The van der Waals surface area contributed by atoms with Crippen LogP contribution in [0.3, 0.4) is 0 Å². The standard InChI is InChI=1S/C23H13Cl3N2O3S/c24-12-4-6-16(7-5-12)32-19-11-20(30)28(15-3-1-2-13(25)8-15)23(19)21-17(27-22(23)31)9-14(26)10-18(21)29/h1-11,29H,(H,27,31). The van der Waals surface area contributed by atoms with E-state index in [9.17, 15) is 14.7 Å². The average Bonchev–Trinajstić information content (AvgIpc) is 3.17. The fourth-order valence-electron chi connectivity index (χ4n) is 4.07. The Morgan fingerprint density at radius 1 is 0.906 bits per heavy atom. The van der Waals surface area contributed by atoms with Gasteiger partial charge >= 0.3 is 0 Å². The van der Waals surface area contributed by atoms with E-state index in [0.29, 0.717) is 26.3 Å². The van der Waals surface area contributed by atoms with Gasteiger partial charge in [0.15, 0.2) is 5.54 Å². The summed E-state index contributed by atoms with van der Waals surface area (Å²) in [5.41, 5.74) is -0.617. The minimum Gasteiger partial charge on any atom is -0.507 e. The Hall–Kier alpha value is -2.64. The van der Waals surface area contributed by atoms with E-state index < -0.39 is 17.4 Å². The van der Waals surface area contributed by atoms with Gasteiger partial charge in [-0.05, 0) is 54.6 Å². The summed E-state index contributed by atoms with van der Waals surface area (Å²) in [6.45, 7) is 0. The monoisotopic (exact) mass is 502 g/mol. The Bertz CT molecular complexity index is 1330. The molecular formula is C23H13Cl3N2O3S. The predicted octanol–water partition coefficient (Wildman–Crippen LogP) is 6.22. The second-order valence-electron chi connectivity index (χ2n) is 7.23. The number of hydrogen-bond donors (Lipinski definition) is 2. The number of nitrogens with zero attached hydrogens (tertiary/aromatic N) is 1. The van der Waals surface area contributed by atoms with Crippen molar-refractivity contribution in [2.75, 3.05) is 10.2 Å². The minimum absolute atomic E-state index is 0.199. The van der Waals surface area contributed by atoms with Crippen LogP contribution in [0.5, 0.6) is 5.75 Å². The Kier molecular flexibility index (Phi) is 5.13. The summed E-state index contributed by atoms with van der Waals surface area (Å²) in [6, 6.07) is 16.6. The van der Waals surface area contributed by atoms with Crippen molar-refractivity contribution in [1.29, 1.82) is 0 Å². The summed E-state index contributed by atoms with van der Waals surface area (Å²) < 4.78 is 0. The molecule has 2 heterocycles. The Morgan fingerprint density at radius 2 is 1.66 bits per heavy atom. The first-order valence-electron chi connectivity index (χ1n) is 9.40. The number of aromatic hydroxyl groups is 1. The second-order valence-corrected chi connectivity index (χ2v) is 9.65. The smallest absolute Gasteiger partial charge is 0.260 e. The normalized spacial score (nSPS) is 19.3. The maximum absolute atomic E-state index is 13.6. The van der Waals surface area contributed by atoms with E-state index in [-0.39, 0.29) is 16.3 Å². The summed E-state index contributed by atoms with van der Waals surface area (Å²) >= 11 is 19.6. The van der Waals surface area contributed by atoms with Crippen LogP contribution in [0.4, 0.5) is 11.4 Å². The lowest BCUT2D eigenvalue weighted by Gasteiger charge is -2.36. The van der Waals surface area contributed by atoms with Crippen LogP contribution in [-0.4, -0.2) is 16.9 Å². The molecule has 2 aliphatic rings. The highest BCUT2D eigenvalue weighted by atomic mass is 35.5. The summed E-state index contributed by atoms with van der Waals surface area (Å²) in [5.74, 6) is -1.10. The van der Waals surface area contributed by atoms with Crippen LogP contribution < -0.4 is 10.2 Å². The zero-order valence-corrected chi connectivity index (χ0v) is 19.2. The summed E-state index contributed by atoms with van der Waals surface area (Å²) in [6.07, 6.45) is 1.41. The molecule has 1 atom stereocenters. The molecule has 0 radical (unpaired) electrons. The van der Waals surface area contributed by atoms with Crippen molar-refractivity contribution in [3.05, 3.63) is 92.3 Å². The van der Waals surface area contributed by atoms with Crippen LogP contribution in [0.25, 0.3) is 0 Å². The highest BCUT2D eigenvalue weighted by molar-refractivity contribution is 8.03. The average molecular weight is 504 g/mol. The van der Waals surface area contributed by atoms with Gasteiger partial charge in [0.25, 0.3) is 11.8 Å². The van der Waals surface area contributed by atoms with Crippen molar-refractivity contribution >= 4 is 69.8 Å². The highest BCUT2D eigenvalue weighted by Crippen LogP contribution is 2.58. The van der Waals surface area contributed by atoms with E-state index in [1.807, 2.05) is 0 Å². The predicted molar refractivity (Wildman–Crippen MR) is 128 cm³/mol. The maximum atomic E-state index is 13.6. The SMILES string of the molecule is O=C1C=C(Sc2ccc(Cl)cc2)C2(C(=O)Nc3cc(Cl)cc(O)c32)N1c1cccc(Cl)c1. The van der Waals surface area contributed by atoms with Crippen molar-refractivity contribution in [1.82, 2.24) is 0 Å². The highest BCUT2D eigenvalue weighted by Gasteiger charge is 2.61. The fourth-order valence-corrected chi connectivity index (χ4v) is 5.71. The molecule has 0 fully saturated rings. The topological polar surface area (TPSA) is 69.6 Å². The largest absolute Gasteiger partial charge is 0.507 e. The number of carbonyl (C=O) groups excluding carboxylic acids is 2. The first-order valence-corrected chi connectivity index (χ1v) is 11.4. The Morgan fingerprint density at radius 3 is 2.38 bits per heavy atom. The molecule has 2 N–H and O–H groups in total. The maximum Gasteiger partial charge on any atom is 0.260 e. The van der Waals surface area contributed by atoms with E-state index in [4.69, 9.17) is 34.8 Å². The van der Waals surface area contributed by atoms with Crippen LogP contribution in [0.2, 0.25) is 15.1 Å². The minimum atomic E-state index is -1.63. The quantitative estimate of drug-likeness (QED) is 0.445. The zero-order valence-electron chi connectivity index (χ0n) is 16.1. The second kappa shape index (κ2) is 7.74. The summed E-state index contributed by atoms with van der Waals surface area (Å²) in [4.78, 5) is 29.5. The van der Waals surface area contributed by atoms with Gasteiger partial charge in [0.05, 0.1) is 11.3 Å². The van der Waals surface area contributed by atoms with Gasteiger partial charge in [-0.15, -0.1) is 0 Å². The number of benzene rings is 3. The van der Waals surface area contributed by atoms with Gasteiger partial charge in [0, 0.05) is 36.6 Å². The van der Waals surface area contributed by atoms with Crippen LogP contribution in [0, 0.1) is 0 Å². The lowest BCUT2D eigenvalue weighted by Crippen LogP contribution is -2.50. The molecule has 2 aliphatic heterocycles. The van der Waals surface area contributed by atoms with E-state index in [2.05, 4.69) is 5.32 Å². The van der Waals surface area contributed by atoms with Gasteiger partial charge in [-0.2, -0.15) is 0 Å². The molecule has 2 amide bonds. The molecule has 0 saturated carbocycles. The third-order valence-electron chi connectivity index (χ3n) is 5.30. The van der Waals surface area contributed by atoms with Crippen molar-refractivity contribution in [2.24, 2.45) is 0 Å².